The standard InChI is InChI=1S/C22H28N6O2/c1-13-7-6-8-17(9-13)12-30-18-10-19(21-23-16(4)24-25-21)28(11-18)22(29)20-14(2)26-27(5)15(20)3/h6-9,18-19H,10-12H2,1-5H3,(H,23,24,25)/t18-,19-/m0/s1. The van der Waals surface area contributed by atoms with Crippen LogP contribution in [0.25, 0.3) is 0 Å². The summed E-state index contributed by atoms with van der Waals surface area (Å²) in [5, 5.41) is 11.6. The number of ether oxygens (including phenoxy) is 1. The molecule has 0 radical (unpaired) electrons. The van der Waals surface area contributed by atoms with E-state index in [-0.39, 0.29) is 18.1 Å². The van der Waals surface area contributed by atoms with Gasteiger partial charge in [-0.25, -0.2) is 4.98 Å². The number of amides is 1. The number of carbonyl (C=O) groups excluding carboxylic acids is 1. The summed E-state index contributed by atoms with van der Waals surface area (Å²) in [6.07, 6.45) is 0.572. The fourth-order valence-corrected chi connectivity index (χ4v) is 4.14. The fraction of sp³-hybridized carbons (Fsp3) is 0.455. The zero-order valence-electron chi connectivity index (χ0n) is 18.1. The van der Waals surface area contributed by atoms with Crippen LogP contribution in [0.1, 0.15) is 57.0 Å². The van der Waals surface area contributed by atoms with Gasteiger partial charge in [-0.2, -0.15) is 10.2 Å². The number of likely N-dealkylation sites (tertiary alicyclic amines) is 1. The van der Waals surface area contributed by atoms with Gasteiger partial charge in [0.2, 0.25) is 0 Å². The third-order valence-corrected chi connectivity index (χ3v) is 5.73. The zero-order valence-corrected chi connectivity index (χ0v) is 18.1. The lowest BCUT2D eigenvalue weighted by atomic mass is 10.1. The van der Waals surface area contributed by atoms with Crippen molar-refractivity contribution >= 4 is 5.91 Å². The maximum atomic E-state index is 13.5. The lowest BCUT2D eigenvalue weighted by Gasteiger charge is -2.22. The van der Waals surface area contributed by atoms with E-state index in [4.69, 9.17) is 4.74 Å². The lowest BCUT2D eigenvalue weighted by molar-refractivity contribution is 0.0437. The van der Waals surface area contributed by atoms with Gasteiger partial charge in [-0.15, -0.1) is 0 Å². The van der Waals surface area contributed by atoms with Crippen LogP contribution >= 0.6 is 0 Å². The summed E-state index contributed by atoms with van der Waals surface area (Å²) in [7, 11) is 1.85. The Morgan fingerprint density at radius 3 is 2.70 bits per heavy atom. The van der Waals surface area contributed by atoms with Crippen LogP contribution in [-0.2, 0) is 18.4 Å². The molecular weight excluding hydrogens is 380 g/mol. The largest absolute Gasteiger partial charge is 0.372 e. The molecule has 4 rings (SSSR count). The maximum absolute atomic E-state index is 13.5. The molecule has 158 valence electrons. The van der Waals surface area contributed by atoms with Crippen molar-refractivity contribution in [3.63, 3.8) is 0 Å². The van der Waals surface area contributed by atoms with Crippen molar-refractivity contribution < 1.29 is 9.53 Å². The summed E-state index contributed by atoms with van der Waals surface area (Å²) in [6, 6.07) is 8.05. The molecule has 0 spiro atoms. The molecule has 8 nitrogen and oxygen atoms in total. The van der Waals surface area contributed by atoms with Crippen molar-refractivity contribution in [1.29, 1.82) is 0 Å². The highest BCUT2D eigenvalue weighted by Gasteiger charge is 2.40. The van der Waals surface area contributed by atoms with Gasteiger partial charge in [-0.1, -0.05) is 29.8 Å². The van der Waals surface area contributed by atoms with E-state index < -0.39 is 0 Å². The molecule has 0 aliphatic carbocycles. The summed E-state index contributed by atoms with van der Waals surface area (Å²) in [6.45, 7) is 8.73. The van der Waals surface area contributed by atoms with Crippen LogP contribution in [0.5, 0.6) is 0 Å². The Kier molecular flexibility index (Phi) is 5.42. The molecule has 30 heavy (non-hydrogen) atoms. The van der Waals surface area contributed by atoms with Crippen molar-refractivity contribution in [2.75, 3.05) is 6.54 Å². The number of nitrogens with zero attached hydrogens (tertiary/aromatic N) is 5. The topological polar surface area (TPSA) is 88.9 Å². The van der Waals surface area contributed by atoms with E-state index in [2.05, 4.69) is 45.4 Å². The first-order valence-electron chi connectivity index (χ1n) is 10.2. The highest BCUT2D eigenvalue weighted by molar-refractivity contribution is 5.96. The van der Waals surface area contributed by atoms with Gasteiger partial charge in [0.25, 0.3) is 5.91 Å². The number of nitrogens with one attached hydrogen (secondary N) is 1. The molecule has 1 saturated heterocycles. The second-order valence-corrected chi connectivity index (χ2v) is 8.08. The van der Waals surface area contributed by atoms with Gasteiger partial charge in [0.15, 0.2) is 5.82 Å². The molecule has 8 heteroatoms. The minimum atomic E-state index is -0.232. The monoisotopic (exact) mass is 408 g/mol. The Hall–Kier alpha value is -3.00. The van der Waals surface area contributed by atoms with Crippen LogP contribution in [-0.4, -0.2) is 48.4 Å². The summed E-state index contributed by atoms with van der Waals surface area (Å²) in [5.41, 5.74) is 4.56. The Balaban J connectivity index is 1.57. The zero-order chi connectivity index (χ0) is 21.4. The Labute approximate surface area is 176 Å². The number of aryl methyl sites for hydroxylation is 4. The minimum Gasteiger partial charge on any atom is -0.372 e. The van der Waals surface area contributed by atoms with Crippen molar-refractivity contribution in [3.8, 4) is 0 Å². The van der Waals surface area contributed by atoms with Crippen LogP contribution in [0.2, 0.25) is 0 Å². The highest BCUT2D eigenvalue weighted by atomic mass is 16.5. The molecule has 2 aromatic heterocycles. The maximum Gasteiger partial charge on any atom is 0.258 e. The molecule has 0 unspecified atom stereocenters. The number of hydrogen-bond donors (Lipinski definition) is 1. The lowest BCUT2D eigenvalue weighted by Crippen LogP contribution is -2.33. The molecule has 1 aliphatic heterocycles. The first-order valence-corrected chi connectivity index (χ1v) is 10.2. The molecule has 2 atom stereocenters. The normalized spacial score (nSPS) is 18.9. The predicted molar refractivity (Wildman–Crippen MR) is 112 cm³/mol. The molecule has 1 N–H and O–H groups in total. The van der Waals surface area contributed by atoms with Crippen LogP contribution in [0.3, 0.4) is 0 Å². The van der Waals surface area contributed by atoms with E-state index >= 15 is 0 Å². The van der Waals surface area contributed by atoms with Crippen molar-refractivity contribution in [3.05, 3.63) is 64.0 Å². The van der Waals surface area contributed by atoms with Crippen LogP contribution < -0.4 is 0 Å². The van der Waals surface area contributed by atoms with E-state index in [0.29, 0.717) is 31.0 Å². The van der Waals surface area contributed by atoms with Gasteiger partial charge >= 0.3 is 0 Å². The molecular formula is C22H28N6O2. The van der Waals surface area contributed by atoms with E-state index in [0.717, 1.165) is 22.8 Å². The Bertz CT molecular complexity index is 1070. The number of H-pyrrole nitrogens is 1. The van der Waals surface area contributed by atoms with Gasteiger partial charge < -0.3 is 9.64 Å². The summed E-state index contributed by atoms with van der Waals surface area (Å²) >= 11 is 0. The van der Waals surface area contributed by atoms with Crippen molar-refractivity contribution in [2.24, 2.45) is 7.05 Å². The first-order chi connectivity index (χ1) is 14.3. The highest BCUT2D eigenvalue weighted by Crippen LogP contribution is 2.34. The SMILES string of the molecule is Cc1cccc(CO[C@H]2C[C@@H](c3n[nH]c(C)n3)N(C(=O)c3c(C)nn(C)c3C)C2)c1. The number of rotatable bonds is 5. The number of aromatic nitrogens is 5. The third-order valence-electron chi connectivity index (χ3n) is 5.73. The number of benzene rings is 1. The number of hydrogen-bond acceptors (Lipinski definition) is 5. The molecule has 3 aromatic rings. The number of aromatic amines is 1. The summed E-state index contributed by atoms with van der Waals surface area (Å²) in [4.78, 5) is 19.8. The predicted octanol–water partition coefficient (Wildman–Crippen LogP) is 2.94. The van der Waals surface area contributed by atoms with E-state index in [1.54, 1.807) is 4.68 Å². The Morgan fingerprint density at radius 1 is 1.27 bits per heavy atom. The van der Waals surface area contributed by atoms with Gasteiger partial charge in [0, 0.05) is 25.7 Å². The molecule has 1 fully saturated rings. The quantitative estimate of drug-likeness (QED) is 0.701. The van der Waals surface area contributed by atoms with Gasteiger partial charge in [-0.3, -0.25) is 14.6 Å². The van der Waals surface area contributed by atoms with E-state index in [1.807, 2.05) is 38.8 Å². The molecule has 0 bridgehead atoms. The molecule has 3 heterocycles. The average Bonchev–Trinajstić information content (AvgIpc) is 3.38. The molecule has 1 aromatic carbocycles. The Morgan fingerprint density at radius 2 is 2.07 bits per heavy atom. The minimum absolute atomic E-state index is 0.0489. The summed E-state index contributed by atoms with van der Waals surface area (Å²) in [5.74, 6) is 1.31. The van der Waals surface area contributed by atoms with Crippen LogP contribution in [0.4, 0.5) is 0 Å². The van der Waals surface area contributed by atoms with E-state index in [1.165, 1.54) is 5.56 Å². The van der Waals surface area contributed by atoms with Crippen LogP contribution in [0, 0.1) is 27.7 Å². The molecule has 0 saturated carbocycles. The van der Waals surface area contributed by atoms with Gasteiger partial charge in [0.05, 0.1) is 30.0 Å². The summed E-state index contributed by atoms with van der Waals surface area (Å²) < 4.78 is 7.95. The van der Waals surface area contributed by atoms with E-state index in [9.17, 15) is 4.79 Å². The van der Waals surface area contributed by atoms with Crippen LogP contribution in [0.15, 0.2) is 24.3 Å². The van der Waals surface area contributed by atoms with Crippen molar-refractivity contribution in [1.82, 2.24) is 29.9 Å². The van der Waals surface area contributed by atoms with Gasteiger partial charge in [0.1, 0.15) is 5.82 Å². The van der Waals surface area contributed by atoms with Gasteiger partial charge in [-0.05, 0) is 33.3 Å². The average molecular weight is 409 g/mol. The molecule has 1 aliphatic rings. The van der Waals surface area contributed by atoms with Crippen molar-refractivity contribution in [2.45, 2.75) is 52.9 Å². The smallest absolute Gasteiger partial charge is 0.258 e. The molecule has 1 amide bonds. The first kappa shape index (κ1) is 20.3. The second kappa shape index (κ2) is 8.02. The second-order valence-electron chi connectivity index (χ2n) is 8.08. The third kappa shape index (κ3) is 3.87. The number of carbonyl (C=O) groups is 1. The fourth-order valence-electron chi connectivity index (χ4n) is 4.14.